The van der Waals surface area contributed by atoms with E-state index >= 15 is 0 Å². The largest absolute Gasteiger partial charge is 0.382 e. The van der Waals surface area contributed by atoms with Crippen molar-refractivity contribution in [3.05, 3.63) is 46.9 Å². The van der Waals surface area contributed by atoms with E-state index in [1.807, 2.05) is 11.8 Å². The second-order valence-electron chi connectivity index (χ2n) is 6.13. The number of anilines is 1. The highest BCUT2D eigenvalue weighted by atomic mass is 19.2. The van der Waals surface area contributed by atoms with Gasteiger partial charge in [-0.2, -0.15) is 5.10 Å². The molecule has 1 atom stereocenters. The molecule has 134 valence electrons. The molecule has 1 aliphatic rings. The van der Waals surface area contributed by atoms with Gasteiger partial charge in [-0.25, -0.2) is 13.2 Å². The molecule has 6 nitrogen and oxygen atoms in total. The number of nitrogens with zero attached hydrogens (tertiary/aromatic N) is 3. The van der Waals surface area contributed by atoms with E-state index < -0.39 is 17.5 Å². The molecule has 1 aliphatic heterocycles. The van der Waals surface area contributed by atoms with E-state index in [-0.39, 0.29) is 29.9 Å². The lowest BCUT2D eigenvalue weighted by Gasteiger charge is -2.39. The summed E-state index contributed by atoms with van der Waals surface area (Å²) in [6, 6.07) is 1.34. The van der Waals surface area contributed by atoms with E-state index in [0.29, 0.717) is 31.3 Å². The summed E-state index contributed by atoms with van der Waals surface area (Å²) in [4.78, 5) is 16.0. The van der Waals surface area contributed by atoms with Crippen LogP contribution in [0.2, 0.25) is 0 Å². The van der Waals surface area contributed by atoms with Crippen LogP contribution in [0.1, 0.15) is 22.8 Å². The van der Waals surface area contributed by atoms with Gasteiger partial charge in [0.2, 0.25) is 0 Å². The third kappa shape index (κ3) is 3.46. The van der Waals surface area contributed by atoms with Crippen LogP contribution in [-0.4, -0.2) is 51.6 Å². The monoisotopic (exact) mass is 353 g/mol. The van der Waals surface area contributed by atoms with Gasteiger partial charge < -0.3 is 10.6 Å². The number of carbonyl (C=O) groups excluding carboxylic acids is 1. The molecular weight excluding hydrogens is 335 g/mol. The summed E-state index contributed by atoms with van der Waals surface area (Å²) in [6.45, 7) is 3.21. The molecule has 0 unspecified atom stereocenters. The zero-order valence-electron chi connectivity index (χ0n) is 13.6. The predicted molar refractivity (Wildman–Crippen MR) is 85.1 cm³/mol. The Morgan fingerprint density at radius 2 is 2.12 bits per heavy atom. The number of nitrogen functional groups attached to an aromatic ring is 1. The van der Waals surface area contributed by atoms with E-state index in [9.17, 15) is 18.0 Å². The van der Waals surface area contributed by atoms with Crippen molar-refractivity contribution in [2.45, 2.75) is 19.5 Å². The van der Waals surface area contributed by atoms with Crippen LogP contribution >= 0.6 is 0 Å². The Morgan fingerprint density at radius 1 is 1.36 bits per heavy atom. The van der Waals surface area contributed by atoms with Crippen LogP contribution in [0.15, 0.2) is 18.3 Å². The molecule has 0 saturated carbocycles. The zero-order chi connectivity index (χ0) is 18.1. The highest BCUT2D eigenvalue weighted by Gasteiger charge is 2.30. The number of piperazine rings is 1. The SMILES string of the molecule is C[C@@H]1CN(Cc2cc(F)cc(F)c2F)CCN1C(=O)c1c[nH]nc1N. The van der Waals surface area contributed by atoms with Crippen molar-refractivity contribution in [1.82, 2.24) is 20.0 Å². The van der Waals surface area contributed by atoms with E-state index in [2.05, 4.69) is 10.2 Å². The third-order valence-electron chi connectivity index (χ3n) is 4.34. The maximum absolute atomic E-state index is 13.8. The van der Waals surface area contributed by atoms with Crippen molar-refractivity contribution in [1.29, 1.82) is 0 Å². The van der Waals surface area contributed by atoms with Crippen molar-refractivity contribution < 1.29 is 18.0 Å². The van der Waals surface area contributed by atoms with E-state index in [4.69, 9.17) is 5.73 Å². The van der Waals surface area contributed by atoms with Crippen LogP contribution in [-0.2, 0) is 6.54 Å². The molecule has 2 aromatic rings. The number of carbonyl (C=O) groups is 1. The molecule has 3 rings (SSSR count). The lowest BCUT2D eigenvalue weighted by molar-refractivity contribution is 0.0474. The maximum Gasteiger partial charge on any atom is 0.259 e. The number of aromatic nitrogens is 2. The number of hydrogen-bond donors (Lipinski definition) is 2. The van der Waals surface area contributed by atoms with E-state index in [1.165, 1.54) is 6.20 Å². The summed E-state index contributed by atoms with van der Waals surface area (Å²) in [5.74, 6) is -3.16. The number of nitrogens with one attached hydrogen (secondary N) is 1. The Bertz CT molecular complexity index is 794. The first-order chi connectivity index (χ1) is 11.9. The molecule has 1 amide bonds. The molecule has 25 heavy (non-hydrogen) atoms. The van der Waals surface area contributed by atoms with Gasteiger partial charge in [-0.05, 0) is 13.0 Å². The summed E-state index contributed by atoms with van der Waals surface area (Å²) in [5, 5.41) is 6.28. The first kappa shape index (κ1) is 17.3. The van der Waals surface area contributed by atoms with Gasteiger partial charge in [0, 0.05) is 50.0 Å². The van der Waals surface area contributed by atoms with Gasteiger partial charge in [-0.1, -0.05) is 0 Å². The number of H-pyrrole nitrogens is 1. The lowest BCUT2D eigenvalue weighted by atomic mass is 10.1. The van der Waals surface area contributed by atoms with Gasteiger partial charge in [0.05, 0.1) is 0 Å². The number of rotatable bonds is 3. The Balaban J connectivity index is 1.68. The van der Waals surface area contributed by atoms with Crippen LogP contribution in [0, 0.1) is 17.5 Å². The fourth-order valence-electron chi connectivity index (χ4n) is 3.07. The molecule has 0 aliphatic carbocycles. The standard InChI is InChI=1S/C16H18F3N5O/c1-9-7-23(8-10-4-11(17)5-13(18)14(10)19)2-3-24(9)16(25)12-6-21-22-15(12)20/h4-6,9H,2-3,7-8H2,1H3,(H3,20,21,22)/t9-/m1/s1. The Morgan fingerprint density at radius 3 is 2.76 bits per heavy atom. The summed E-state index contributed by atoms with van der Waals surface area (Å²) >= 11 is 0. The summed E-state index contributed by atoms with van der Waals surface area (Å²) < 4.78 is 40.4. The number of nitrogens with two attached hydrogens (primary N) is 1. The van der Waals surface area contributed by atoms with Crippen LogP contribution in [0.4, 0.5) is 19.0 Å². The molecule has 9 heteroatoms. The second-order valence-corrected chi connectivity index (χ2v) is 6.13. The molecule has 0 bridgehead atoms. The molecule has 1 saturated heterocycles. The van der Waals surface area contributed by atoms with Crippen LogP contribution < -0.4 is 5.73 Å². The molecule has 0 spiro atoms. The number of benzene rings is 1. The normalized spacial score (nSPS) is 18.6. The first-order valence-corrected chi connectivity index (χ1v) is 7.82. The average Bonchev–Trinajstić information content (AvgIpc) is 2.98. The maximum atomic E-state index is 13.8. The lowest BCUT2D eigenvalue weighted by Crippen LogP contribution is -2.53. The Labute approximate surface area is 142 Å². The van der Waals surface area contributed by atoms with Gasteiger partial charge in [-0.15, -0.1) is 0 Å². The number of aromatic amines is 1. The van der Waals surface area contributed by atoms with Crippen molar-refractivity contribution in [3.8, 4) is 0 Å². The zero-order valence-corrected chi connectivity index (χ0v) is 13.6. The highest BCUT2D eigenvalue weighted by Crippen LogP contribution is 2.20. The molecule has 1 aromatic heterocycles. The summed E-state index contributed by atoms with van der Waals surface area (Å²) in [7, 11) is 0. The fraction of sp³-hybridized carbons (Fsp3) is 0.375. The quantitative estimate of drug-likeness (QED) is 0.824. The summed E-state index contributed by atoms with van der Waals surface area (Å²) in [5.41, 5.74) is 5.92. The van der Waals surface area contributed by atoms with Crippen molar-refractivity contribution >= 4 is 11.7 Å². The van der Waals surface area contributed by atoms with Gasteiger partial charge >= 0.3 is 0 Å². The van der Waals surface area contributed by atoms with Crippen LogP contribution in [0.25, 0.3) is 0 Å². The molecule has 3 N–H and O–H groups in total. The first-order valence-electron chi connectivity index (χ1n) is 7.82. The van der Waals surface area contributed by atoms with Crippen molar-refractivity contribution in [3.63, 3.8) is 0 Å². The minimum Gasteiger partial charge on any atom is -0.382 e. The topological polar surface area (TPSA) is 78.2 Å². The number of halogens is 3. The van der Waals surface area contributed by atoms with Gasteiger partial charge in [0.25, 0.3) is 5.91 Å². The molecule has 1 aromatic carbocycles. The van der Waals surface area contributed by atoms with Crippen molar-refractivity contribution in [2.24, 2.45) is 0 Å². The van der Waals surface area contributed by atoms with Crippen molar-refractivity contribution in [2.75, 3.05) is 25.4 Å². The van der Waals surface area contributed by atoms with Gasteiger partial charge in [0.1, 0.15) is 11.4 Å². The molecule has 2 heterocycles. The average molecular weight is 353 g/mol. The second kappa shape index (κ2) is 6.75. The van der Waals surface area contributed by atoms with Crippen LogP contribution in [0.5, 0.6) is 0 Å². The predicted octanol–water partition coefficient (Wildman–Crippen LogP) is 1.76. The number of amides is 1. The summed E-state index contributed by atoms with van der Waals surface area (Å²) in [6.07, 6.45) is 1.45. The Hall–Kier alpha value is -2.55. The van der Waals surface area contributed by atoms with Gasteiger partial charge in [-0.3, -0.25) is 14.8 Å². The molecular formula is C16H18F3N5O. The minimum absolute atomic E-state index is 0.0384. The van der Waals surface area contributed by atoms with Crippen LogP contribution in [0.3, 0.4) is 0 Å². The number of hydrogen-bond acceptors (Lipinski definition) is 4. The Kier molecular flexibility index (Phi) is 4.67. The van der Waals surface area contributed by atoms with E-state index in [0.717, 1.165) is 6.07 Å². The molecule has 1 fully saturated rings. The smallest absolute Gasteiger partial charge is 0.259 e. The third-order valence-corrected chi connectivity index (χ3v) is 4.34. The van der Waals surface area contributed by atoms with Gasteiger partial charge in [0.15, 0.2) is 17.5 Å². The fourth-order valence-corrected chi connectivity index (χ4v) is 3.07. The molecule has 0 radical (unpaired) electrons. The highest BCUT2D eigenvalue weighted by molar-refractivity contribution is 5.98. The van der Waals surface area contributed by atoms with E-state index in [1.54, 1.807) is 4.90 Å². The minimum atomic E-state index is -1.20.